The molecular weight excluding hydrogens is 302 g/mol. The Kier molecular flexibility index (Phi) is 3.78. The third-order valence-corrected chi connectivity index (χ3v) is 4.27. The number of hydrogen-bond donors (Lipinski definition) is 3. The number of carbonyl (C=O) groups excluding carboxylic acids is 1. The molecule has 1 aromatic carbocycles. The van der Waals surface area contributed by atoms with Gasteiger partial charge in [0.25, 0.3) is 0 Å². The van der Waals surface area contributed by atoms with E-state index in [0.717, 1.165) is 40.9 Å². The molecule has 0 aliphatic carbocycles. The fraction of sp³-hybridized carbons (Fsp3) is 0.222. The van der Waals surface area contributed by atoms with Crippen LogP contribution in [0.15, 0.2) is 48.8 Å². The lowest BCUT2D eigenvalue weighted by Gasteiger charge is -2.17. The number of fused-ring (bicyclic) bond motifs is 1. The van der Waals surface area contributed by atoms with Crippen molar-refractivity contribution < 1.29 is 4.79 Å². The van der Waals surface area contributed by atoms with Crippen LogP contribution >= 0.6 is 0 Å². The number of rotatable bonds is 5. The summed E-state index contributed by atoms with van der Waals surface area (Å²) < 4.78 is 0. The summed E-state index contributed by atoms with van der Waals surface area (Å²) in [5, 5.41) is 7.41. The first-order valence-electron chi connectivity index (χ1n) is 8.06. The molecule has 24 heavy (non-hydrogen) atoms. The van der Waals surface area contributed by atoms with Gasteiger partial charge in [0.05, 0.1) is 6.54 Å². The number of amides is 2. The molecule has 1 aliphatic heterocycles. The molecule has 1 aliphatic rings. The highest BCUT2D eigenvalue weighted by Crippen LogP contribution is 2.20. The molecule has 122 valence electrons. The van der Waals surface area contributed by atoms with Gasteiger partial charge in [0, 0.05) is 54.3 Å². The molecule has 1 fully saturated rings. The first kappa shape index (κ1) is 14.6. The molecule has 3 N–H and O–H groups in total. The zero-order valence-corrected chi connectivity index (χ0v) is 13.2. The summed E-state index contributed by atoms with van der Waals surface area (Å²) >= 11 is 0. The maximum absolute atomic E-state index is 11.8. The second-order valence-electron chi connectivity index (χ2n) is 5.92. The van der Waals surface area contributed by atoms with E-state index in [1.54, 1.807) is 6.20 Å². The Morgan fingerprint density at radius 3 is 3.00 bits per heavy atom. The van der Waals surface area contributed by atoms with Crippen LogP contribution in [0, 0.1) is 0 Å². The molecule has 0 saturated carbocycles. The Morgan fingerprint density at radius 2 is 2.17 bits per heavy atom. The van der Waals surface area contributed by atoms with Gasteiger partial charge in [0.15, 0.2) is 0 Å². The van der Waals surface area contributed by atoms with E-state index >= 15 is 0 Å². The van der Waals surface area contributed by atoms with Crippen LogP contribution < -0.4 is 10.6 Å². The van der Waals surface area contributed by atoms with Crippen LogP contribution in [0.2, 0.25) is 0 Å². The molecular formula is C18H19N5O. The van der Waals surface area contributed by atoms with Crippen molar-refractivity contribution in [3.8, 4) is 0 Å². The van der Waals surface area contributed by atoms with Crippen LogP contribution in [0.4, 0.5) is 10.5 Å². The van der Waals surface area contributed by atoms with Crippen molar-refractivity contribution in [2.24, 2.45) is 0 Å². The highest BCUT2D eigenvalue weighted by molar-refractivity contribution is 5.79. The first-order chi connectivity index (χ1) is 11.8. The number of aromatic nitrogens is 2. The number of aromatic amines is 1. The van der Waals surface area contributed by atoms with Crippen LogP contribution in [-0.4, -0.2) is 34.0 Å². The lowest BCUT2D eigenvalue weighted by atomic mass is 10.1. The minimum Gasteiger partial charge on any atom is -0.379 e. The molecule has 6 nitrogen and oxygen atoms in total. The third-order valence-electron chi connectivity index (χ3n) is 4.27. The number of pyridine rings is 1. The quantitative estimate of drug-likeness (QED) is 0.676. The monoisotopic (exact) mass is 321 g/mol. The normalized spacial score (nSPS) is 14.2. The van der Waals surface area contributed by atoms with E-state index in [4.69, 9.17) is 0 Å². The SMILES string of the molecule is O=C1NCCN1Cc1ccccc1NCc1cc2cnccc2[nH]1. The van der Waals surface area contributed by atoms with E-state index < -0.39 is 0 Å². The minimum atomic E-state index is 0.00733. The Labute approximate surface area is 139 Å². The van der Waals surface area contributed by atoms with Crippen LogP contribution in [-0.2, 0) is 13.1 Å². The second kappa shape index (κ2) is 6.23. The van der Waals surface area contributed by atoms with Crippen molar-refractivity contribution in [2.75, 3.05) is 18.4 Å². The summed E-state index contributed by atoms with van der Waals surface area (Å²) in [5.74, 6) is 0. The standard InChI is InChI=1S/C18H19N5O/c24-18-20-7-8-23(18)12-13-3-1-2-4-16(13)21-11-15-9-14-10-19-6-5-17(14)22-15/h1-6,9-10,21-22H,7-8,11-12H2,(H,20,24). The van der Waals surface area contributed by atoms with Crippen LogP contribution in [0.3, 0.4) is 0 Å². The zero-order chi connectivity index (χ0) is 16.4. The average molecular weight is 321 g/mol. The van der Waals surface area contributed by atoms with E-state index in [0.29, 0.717) is 13.1 Å². The predicted octanol–water partition coefficient (Wildman–Crippen LogP) is 2.70. The highest BCUT2D eigenvalue weighted by Gasteiger charge is 2.20. The average Bonchev–Trinajstić information content (AvgIpc) is 3.20. The van der Waals surface area contributed by atoms with Crippen molar-refractivity contribution in [3.63, 3.8) is 0 Å². The molecule has 0 radical (unpaired) electrons. The lowest BCUT2D eigenvalue weighted by molar-refractivity contribution is 0.215. The molecule has 4 rings (SSSR count). The Balaban J connectivity index is 1.49. The number of urea groups is 1. The van der Waals surface area contributed by atoms with E-state index in [9.17, 15) is 4.79 Å². The third kappa shape index (κ3) is 2.90. The van der Waals surface area contributed by atoms with Gasteiger partial charge in [-0.1, -0.05) is 18.2 Å². The van der Waals surface area contributed by atoms with E-state index in [1.165, 1.54) is 0 Å². The van der Waals surface area contributed by atoms with Gasteiger partial charge in [-0.05, 0) is 23.8 Å². The van der Waals surface area contributed by atoms with Gasteiger partial charge in [0.1, 0.15) is 0 Å². The highest BCUT2D eigenvalue weighted by atomic mass is 16.2. The van der Waals surface area contributed by atoms with Crippen LogP contribution in [0.1, 0.15) is 11.3 Å². The smallest absolute Gasteiger partial charge is 0.317 e. The molecule has 3 heterocycles. The number of hydrogen-bond acceptors (Lipinski definition) is 3. The van der Waals surface area contributed by atoms with Gasteiger partial charge in [-0.25, -0.2) is 4.79 Å². The molecule has 6 heteroatoms. The summed E-state index contributed by atoms with van der Waals surface area (Å²) in [6.45, 7) is 2.78. The fourth-order valence-electron chi connectivity index (χ4n) is 3.02. The van der Waals surface area contributed by atoms with Crippen molar-refractivity contribution in [2.45, 2.75) is 13.1 Å². The number of H-pyrrole nitrogens is 1. The molecule has 2 amide bonds. The van der Waals surface area contributed by atoms with E-state index in [2.05, 4.69) is 32.7 Å². The number of para-hydroxylation sites is 1. The molecule has 0 unspecified atom stereocenters. The van der Waals surface area contributed by atoms with Crippen molar-refractivity contribution in [1.29, 1.82) is 0 Å². The largest absolute Gasteiger partial charge is 0.379 e. The van der Waals surface area contributed by atoms with Gasteiger partial charge >= 0.3 is 6.03 Å². The van der Waals surface area contributed by atoms with E-state index in [-0.39, 0.29) is 6.03 Å². The first-order valence-corrected chi connectivity index (χ1v) is 8.06. The minimum absolute atomic E-state index is 0.00733. The molecule has 0 bridgehead atoms. The zero-order valence-electron chi connectivity index (χ0n) is 13.2. The van der Waals surface area contributed by atoms with E-state index in [1.807, 2.05) is 35.4 Å². The predicted molar refractivity (Wildman–Crippen MR) is 93.7 cm³/mol. The van der Waals surface area contributed by atoms with Crippen molar-refractivity contribution >= 4 is 22.6 Å². The van der Waals surface area contributed by atoms with Crippen LogP contribution in [0.25, 0.3) is 10.9 Å². The Morgan fingerprint density at radius 1 is 1.25 bits per heavy atom. The second-order valence-corrected chi connectivity index (χ2v) is 5.92. The van der Waals surface area contributed by atoms with Gasteiger partial charge in [-0.2, -0.15) is 0 Å². The molecule has 2 aromatic heterocycles. The van der Waals surface area contributed by atoms with Crippen molar-refractivity contribution in [3.05, 3.63) is 60.0 Å². The molecule has 0 atom stereocenters. The number of nitrogens with zero attached hydrogens (tertiary/aromatic N) is 2. The Bertz CT molecular complexity index is 839. The van der Waals surface area contributed by atoms with Crippen LogP contribution in [0.5, 0.6) is 0 Å². The number of carbonyl (C=O) groups is 1. The summed E-state index contributed by atoms with van der Waals surface area (Å²) in [5.41, 5.74) is 4.36. The topological polar surface area (TPSA) is 73.1 Å². The molecule has 3 aromatic rings. The number of benzene rings is 1. The maximum Gasteiger partial charge on any atom is 0.317 e. The van der Waals surface area contributed by atoms with Gasteiger partial charge in [0.2, 0.25) is 0 Å². The van der Waals surface area contributed by atoms with Gasteiger partial charge < -0.3 is 20.5 Å². The number of nitrogens with one attached hydrogen (secondary N) is 3. The molecule has 1 saturated heterocycles. The van der Waals surface area contributed by atoms with Gasteiger partial charge in [-0.3, -0.25) is 4.98 Å². The van der Waals surface area contributed by atoms with Crippen molar-refractivity contribution in [1.82, 2.24) is 20.2 Å². The summed E-state index contributed by atoms with van der Waals surface area (Å²) in [4.78, 5) is 21.1. The van der Waals surface area contributed by atoms with Gasteiger partial charge in [-0.15, -0.1) is 0 Å². The summed E-state index contributed by atoms with van der Waals surface area (Å²) in [6, 6.07) is 12.2. The maximum atomic E-state index is 11.8. The number of anilines is 1. The lowest BCUT2D eigenvalue weighted by Crippen LogP contribution is -2.27. The molecule has 0 spiro atoms. The summed E-state index contributed by atoms with van der Waals surface area (Å²) in [7, 11) is 0. The summed E-state index contributed by atoms with van der Waals surface area (Å²) in [6.07, 6.45) is 3.64. The Hall–Kier alpha value is -3.02. The fourth-order valence-corrected chi connectivity index (χ4v) is 3.02.